The monoisotopic (exact) mass is 768 g/mol. The lowest BCUT2D eigenvalue weighted by atomic mass is 10.0. The topological polar surface area (TPSA) is 160 Å². The number of sulfonamides is 1. The molecule has 5 atom stereocenters. The molecule has 12 nitrogen and oxygen atoms in total. The van der Waals surface area contributed by atoms with Gasteiger partial charge in [0, 0.05) is 18.0 Å². The highest BCUT2D eigenvalue weighted by Gasteiger charge is 2.63. The number of allylic oxidation sites excluding steroid dienone is 1. The highest BCUT2D eigenvalue weighted by Crippen LogP contribution is 2.47. The molecule has 4 aliphatic rings. The lowest BCUT2D eigenvalue weighted by Crippen LogP contribution is -2.58. The third-order valence-corrected chi connectivity index (χ3v) is 14.2. The Hall–Kier alpha value is -4.82. The summed E-state index contributed by atoms with van der Waals surface area (Å²) in [6, 6.07) is 19.3. The van der Waals surface area contributed by atoms with Crippen molar-refractivity contribution in [2.75, 3.05) is 11.9 Å². The number of ether oxygens (including phenoxy) is 1. The molecule has 14 heteroatoms. The Balaban J connectivity index is 1.13. The molecule has 3 amide bonds. The molecule has 2 saturated carbocycles. The fraction of sp³-hybridized carbons (Fsp3) is 0.425. The van der Waals surface area contributed by atoms with Crippen molar-refractivity contribution >= 4 is 55.8 Å². The minimum atomic E-state index is -3.95. The number of nitrogens with zero attached hydrogens (tertiary/aromatic N) is 3. The first kappa shape index (κ1) is 36.2. The number of benzene rings is 2. The number of hydrogen-bond donors (Lipinski definition) is 3. The smallest absolute Gasteiger partial charge is 0.259 e. The van der Waals surface area contributed by atoms with Gasteiger partial charge in [0.05, 0.1) is 27.2 Å². The van der Waals surface area contributed by atoms with Crippen LogP contribution in [0.1, 0.15) is 64.7 Å². The number of amides is 3. The number of rotatable bonds is 8. The number of nitrogens with one attached hydrogen (secondary N) is 3. The summed E-state index contributed by atoms with van der Waals surface area (Å²) < 4.78 is 34.3. The first-order chi connectivity index (χ1) is 26.1. The molecule has 54 heavy (non-hydrogen) atoms. The van der Waals surface area contributed by atoms with Gasteiger partial charge in [-0.3, -0.25) is 19.1 Å². The van der Waals surface area contributed by atoms with Crippen molar-refractivity contribution < 1.29 is 27.5 Å². The molecule has 2 aliphatic heterocycles. The van der Waals surface area contributed by atoms with Crippen LogP contribution in [0.3, 0.4) is 0 Å². The van der Waals surface area contributed by atoms with Crippen LogP contribution in [0.4, 0.5) is 5.69 Å². The van der Waals surface area contributed by atoms with Crippen molar-refractivity contribution in [3.8, 4) is 16.5 Å². The first-order valence-electron chi connectivity index (χ1n) is 18.7. The van der Waals surface area contributed by atoms with Crippen molar-refractivity contribution in [3.05, 3.63) is 84.3 Å². The minimum absolute atomic E-state index is 0.0948. The standard InChI is InChI=1S/C40H44N6O6S2/c1-39(20-21-39)54(50,51)45-38(49)40-24-26(40)13-6-3-2-4-9-18-31(41-27-14-7-5-8-15-27)37(48)46-25-28(23-32(46)35(47)44-40)52-36-34(33-19-12-22-53-33)42-29-16-10-11-17-30(29)43-36/h5-8,10-17,19,22,26,28,31-32,41H,2-4,9,18,20-21,23-25H2,1H3,(H,44,47)(H,45,49)/b13-6-/t26-,28+,31-,32-,40+/m0/s1. The van der Waals surface area contributed by atoms with E-state index in [4.69, 9.17) is 14.7 Å². The molecule has 0 spiro atoms. The Labute approximate surface area is 318 Å². The fourth-order valence-electron chi connectivity index (χ4n) is 7.48. The summed E-state index contributed by atoms with van der Waals surface area (Å²) in [6.45, 7) is 1.71. The summed E-state index contributed by atoms with van der Waals surface area (Å²) in [7, 11) is -3.95. The number of thiophene rings is 1. The van der Waals surface area contributed by atoms with Crippen molar-refractivity contribution in [1.82, 2.24) is 24.9 Å². The maximum Gasteiger partial charge on any atom is 0.259 e. The Kier molecular flexibility index (Phi) is 9.67. The predicted molar refractivity (Wildman–Crippen MR) is 207 cm³/mol. The molecule has 3 fully saturated rings. The molecule has 3 N–H and O–H groups in total. The van der Waals surface area contributed by atoms with E-state index in [1.807, 2.05) is 84.3 Å². The highest BCUT2D eigenvalue weighted by molar-refractivity contribution is 7.91. The average Bonchev–Trinajstić information content (AvgIpc) is 3.92. The van der Waals surface area contributed by atoms with Crippen molar-refractivity contribution in [2.24, 2.45) is 5.92 Å². The number of hydrogen-bond acceptors (Lipinski definition) is 10. The van der Waals surface area contributed by atoms with Gasteiger partial charge in [0.25, 0.3) is 5.91 Å². The van der Waals surface area contributed by atoms with E-state index in [2.05, 4.69) is 15.4 Å². The Bertz CT molecular complexity index is 2190. The molecule has 282 valence electrons. The van der Waals surface area contributed by atoms with Crippen LogP contribution in [0.5, 0.6) is 5.88 Å². The summed E-state index contributed by atoms with van der Waals surface area (Å²) >= 11 is 1.51. The van der Waals surface area contributed by atoms with Crippen molar-refractivity contribution in [2.45, 2.75) is 93.2 Å². The van der Waals surface area contributed by atoms with Crippen LogP contribution in [0.15, 0.2) is 84.3 Å². The molecule has 1 saturated heterocycles. The summed E-state index contributed by atoms with van der Waals surface area (Å²) in [5, 5.41) is 8.34. The molecule has 0 bridgehead atoms. The van der Waals surface area contributed by atoms with Crippen molar-refractivity contribution in [1.29, 1.82) is 0 Å². The quantitative estimate of drug-likeness (QED) is 0.195. The summed E-state index contributed by atoms with van der Waals surface area (Å²) in [5.41, 5.74) is 1.26. The van der Waals surface area contributed by atoms with Crippen LogP contribution in [0.25, 0.3) is 21.6 Å². The molecular formula is C40H44N6O6S2. The van der Waals surface area contributed by atoms with Crippen LogP contribution in [-0.4, -0.2) is 76.0 Å². The second-order valence-electron chi connectivity index (χ2n) is 15.1. The molecule has 0 radical (unpaired) electrons. The average molecular weight is 769 g/mol. The lowest BCUT2D eigenvalue weighted by molar-refractivity contribution is -0.140. The predicted octanol–water partition coefficient (Wildman–Crippen LogP) is 5.58. The number of aromatic nitrogens is 2. The molecule has 4 aromatic rings. The van der Waals surface area contributed by atoms with Gasteiger partial charge < -0.3 is 20.3 Å². The zero-order valence-corrected chi connectivity index (χ0v) is 31.7. The fourth-order valence-corrected chi connectivity index (χ4v) is 9.50. The normalized spacial score (nSPS) is 27.4. The van der Waals surface area contributed by atoms with Gasteiger partial charge in [0.1, 0.15) is 29.4 Å². The number of carbonyl (C=O) groups excluding carboxylic acids is 3. The largest absolute Gasteiger partial charge is 0.471 e. The molecular weight excluding hydrogens is 725 g/mol. The molecule has 4 heterocycles. The van der Waals surface area contributed by atoms with Gasteiger partial charge >= 0.3 is 0 Å². The molecule has 2 aliphatic carbocycles. The van der Waals surface area contributed by atoms with Crippen LogP contribution in [0.2, 0.25) is 0 Å². The van der Waals surface area contributed by atoms with Gasteiger partial charge in [-0.1, -0.05) is 61.4 Å². The third-order valence-electron chi connectivity index (χ3n) is 11.2. The molecule has 0 unspecified atom stereocenters. The minimum Gasteiger partial charge on any atom is -0.471 e. The second-order valence-corrected chi connectivity index (χ2v) is 18.3. The zero-order chi connectivity index (χ0) is 37.5. The van der Waals surface area contributed by atoms with E-state index in [0.717, 1.165) is 36.2 Å². The van der Waals surface area contributed by atoms with E-state index in [1.54, 1.807) is 11.8 Å². The van der Waals surface area contributed by atoms with Crippen LogP contribution in [-0.2, 0) is 24.4 Å². The summed E-state index contributed by atoms with van der Waals surface area (Å²) in [4.78, 5) is 55.3. The van der Waals surface area contributed by atoms with E-state index < -0.39 is 50.3 Å². The van der Waals surface area contributed by atoms with E-state index in [9.17, 15) is 22.8 Å². The van der Waals surface area contributed by atoms with Crippen molar-refractivity contribution in [3.63, 3.8) is 0 Å². The Morgan fingerprint density at radius 1 is 0.981 bits per heavy atom. The van der Waals surface area contributed by atoms with E-state index >= 15 is 0 Å². The molecule has 8 rings (SSSR count). The number of anilines is 1. The third kappa shape index (κ3) is 7.20. The van der Waals surface area contributed by atoms with Crippen LogP contribution < -0.4 is 20.1 Å². The zero-order valence-electron chi connectivity index (χ0n) is 30.1. The lowest BCUT2D eigenvalue weighted by Gasteiger charge is -2.30. The molecule has 2 aromatic heterocycles. The Morgan fingerprint density at radius 3 is 2.48 bits per heavy atom. The van der Waals surface area contributed by atoms with E-state index in [-0.39, 0.29) is 31.2 Å². The number of fused-ring (bicyclic) bond motifs is 3. The van der Waals surface area contributed by atoms with Gasteiger partial charge in [0.15, 0.2) is 0 Å². The first-order valence-corrected chi connectivity index (χ1v) is 21.1. The number of para-hydroxylation sites is 3. The van der Waals surface area contributed by atoms with E-state index in [0.29, 0.717) is 41.9 Å². The second kappa shape index (κ2) is 14.4. The maximum absolute atomic E-state index is 14.7. The summed E-state index contributed by atoms with van der Waals surface area (Å²) in [5.74, 6) is -1.62. The summed E-state index contributed by atoms with van der Waals surface area (Å²) in [6.07, 6.45) is 8.48. The number of carbonyl (C=O) groups is 3. The highest BCUT2D eigenvalue weighted by atomic mass is 32.2. The van der Waals surface area contributed by atoms with Gasteiger partial charge in [-0.25, -0.2) is 18.4 Å². The maximum atomic E-state index is 14.7. The Morgan fingerprint density at radius 2 is 1.74 bits per heavy atom. The van der Waals surface area contributed by atoms with Gasteiger partial charge in [-0.15, -0.1) is 11.3 Å². The van der Waals surface area contributed by atoms with Gasteiger partial charge in [-0.2, -0.15) is 0 Å². The van der Waals surface area contributed by atoms with Gasteiger partial charge in [-0.05, 0) is 81.2 Å². The van der Waals surface area contributed by atoms with Gasteiger partial charge in [0.2, 0.25) is 27.7 Å². The van der Waals surface area contributed by atoms with Crippen LogP contribution >= 0.6 is 11.3 Å². The van der Waals surface area contributed by atoms with E-state index in [1.165, 1.54) is 11.3 Å². The van der Waals surface area contributed by atoms with Crippen LogP contribution in [0, 0.1) is 5.92 Å². The molecule has 2 aromatic carbocycles. The SMILES string of the molecule is CC1(S(=O)(=O)NC(=O)[C@@]23C[C@@H]2/C=C\CCCCC[C@H](Nc2ccccc2)C(=O)N2C[C@H](Oc4nc5ccccc5nc4-c4cccs4)C[C@H]2C(=O)N3)CC1.